The van der Waals surface area contributed by atoms with Crippen LogP contribution >= 0.6 is 0 Å². The molecule has 0 bridgehead atoms. The summed E-state index contributed by atoms with van der Waals surface area (Å²) in [6.07, 6.45) is 0.781. The highest BCUT2D eigenvalue weighted by molar-refractivity contribution is 5.97. The average molecular weight is 389 g/mol. The maximum atomic E-state index is 12.4. The molecule has 1 N–H and O–H groups in total. The minimum atomic E-state index is -0.850. The molecule has 7 nitrogen and oxygen atoms in total. The van der Waals surface area contributed by atoms with E-state index in [2.05, 4.69) is 4.90 Å². The van der Waals surface area contributed by atoms with Crippen molar-refractivity contribution in [3.63, 3.8) is 0 Å². The van der Waals surface area contributed by atoms with Crippen molar-refractivity contribution in [2.75, 3.05) is 37.7 Å². The SMILES string of the molecule is Cc1ccc2c(c1)N(CCN1CCC(N(C(=O)O)C(C)(C)C)CC1)C(=O)CO2. The highest BCUT2D eigenvalue weighted by Gasteiger charge is 2.35. The Morgan fingerprint density at radius 2 is 1.93 bits per heavy atom. The molecule has 0 radical (unpaired) electrons. The third-order valence-corrected chi connectivity index (χ3v) is 5.55. The van der Waals surface area contributed by atoms with E-state index in [1.54, 1.807) is 4.90 Å². The maximum Gasteiger partial charge on any atom is 0.407 e. The van der Waals surface area contributed by atoms with Gasteiger partial charge in [-0.3, -0.25) is 4.79 Å². The number of anilines is 1. The number of fused-ring (bicyclic) bond motifs is 1. The van der Waals surface area contributed by atoms with Crippen LogP contribution in [0, 0.1) is 6.92 Å². The predicted molar refractivity (Wildman–Crippen MR) is 108 cm³/mol. The van der Waals surface area contributed by atoms with E-state index in [4.69, 9.17) is 4.74 Å². The van der Waals surface area contributed by atoms with Crippen molar-refractivity contribution in [1.82, 2.24) is 9.80 Å². The van der Waals surface area contributed by atoms with E-state index >= 15 is 0 Å². The Morgan fingerprint density at radius 1 is 1.25 bits per heavy atom. The average Bonchev–Trinajstić information content (AvgIpc) is 2.60. The van der Waals surface area contributed by atoms with E-state index in [0.717, 1.165) is 49.5 Å². The molecule has 1 aromatic rings. The highest BCUT2D eigenvalue weighted by atomic mass is 16.5. The Labute approximate surface area is 166 Å². The number of rotatable bonds is 4. The number of likely N-dealkylation sites (tertiary alicyclic amines) is 1. The molecule has 154 valence electrons. The fourth-order valence-corrected chi connectivity index (χ4v) is 4.19. The predicted octanol–water partition coefficient (Wildman–Crippen LogP) is 2.96. The Balaban J connectivity index is 1.58. The van der Waals surface area contributed by atoms with Crippen LogP contribution in [-0.4, -0.2) is 71.3 Å². The second-order valence-corrected chi connectivity index (χ2v) is 8.70. The molecule has 2 heterocycles. The van der Waals surface area contributed by atoms with Gasteiger partial charge in [-0.1, -0.05) is 6.07 Å². The minimum Gasteiger partial charge on any atom is -0.482 e. The largest absolute Gasteiger partial charge is 0.482 e. The molecular formula is C21H31N3O4. The van der Waals surface area contributed by atoms with Crippen LogP contribution in [0.5, 0.6) is 5.75 Å². The van der Waals surface area contributed by atoms with E-state index in [1.165, 1.54) is 0 Å². The van der Waals surface area contributed by atoms with Crippen LogP contribution in [0.2, 0.25) is 0 Å². The molecule has 2 aliphatic rings. The quantitative estimate of drug-likeness (QED) is 0.857. The summed E-state index contributed by atoms with van der Waals surface area (Å²) in [4.78, 5) is 29.8. The van der Waals surface area contributed by atoms with Gasteiger partial charge in [0.2, 0.25) is 0 Å². The van der Waals surface area contributed by atoms with Gasteiger partial charge in [-0.15, -0.1) is 0 Å². The summed E-state index contributed by atoms with van der Waals surface area (Å²) < 4.78 is 5.54. The number of benzene rings is 1. The van der Waals surface area contributed by atoms with Crippen LogP contribution in [0.4, 0.5) is 10.5 Å². The highest BCUT2D eigenvalue weighted by Crippen LogP contribution is 2.33. The molecule has 1 fully saturated rings. The minimum absolute atomic E-state index is 0.0160. The molecule has 1 saturated heterocycles. The fraction of sp³-hybridized carbons (Fsp3) is 0.619. The lowest BCUT2D eigenvalue weighted by atomic mass is 9.97. The summed E-state index contributed by atoms with van der Waals surface area (Å²) in [5, 5.41) is 9.60. The van der Waals surface area contributed by atoms with Crippen LogP contribution in [-0.2, 0) is 4.79 Å². The second kappa shape index (κ2) is 7.99. The number of aryl methyl sites for hydroxylation is 1. The number of carboxylic acid groups (broad SMARTS) is 1. The van der Waals surface area contributed by atoms with Crippen molar-refractivity contribution >= 4 is 17.7 Å². The lowest BCUT2D eigenvalue weighted by molar-refractivity contribution is -0.121. The van der Waals surface area contributed by atoms with Gasteiger partial charge in [0.05, 0.1) is 5.69 Å². The van der Waals surface area contributed by atoms with Gasteiger partial charge >= 0.3 is 6.09 Å². The number of ether oxygens (including phenoxy) is 1. The number of carbonyl (C=O) groups excluding carboxylic acids is 1. The third-order valence-electron chi connectivity index (χ3n) is 5.55. The third kappa shape index (κ3) is 4.41. The van der Waals surface area contributed by atoms with Crippen molar-refractivity contribution < 1.29 is 19.4 Å². The molecule has 3 rings (SSSR count). The summed E-state index contributed by atoms with van der Waals surface area (Å²) in [6.45, 7) is 11.0. The van der Waals surface area contributed by atoms with Gasteiger partial charge in [-0.05, 0) is 58.2 Å². The summed E-state index contributed by atoms with van der Waals surface area (Å²) in [6, 6.07) is 5.94. The summed E-state index contributed by atoms with van der Waals surface area (Å²) in [5.74, 6) is 0.740. The van der Waals surface area contributed by atoms with Gasteiger partial charge in [-0.25, -0.2) is 4.79 Å². The lowest BCUT2D eigenvalue weighted by Crippen LogP contribution is -2.55. The number of hydrogen-bond donors (Lipinski definition) is 1. The van der Waals surface area contributed by atoms with Crippen molar-refractivity contribution in [1.29, 1.82) is 0 Å². The monoisotopic (exact) mass is 389 g/mol. The van der Waals surface area contributed by atoms with Gasteiger partial charge in [0.1, 0.15) is 5.75 Å². The summed E-state index contributed by atoms with van der Waals surface area (Å²) in [5.41, 5.74) is 1.54. The smallest absolute Gasteiger partial charge is 0.407 e. The zero-order chi connectivity index (χ0) is 20.5. The van der Waals surface area contributed by atoms with Crippen LogP contribution in [0.25, 0.3) is 0 Å². The Bertz CT molecular complexity index is 736. The van der Waals surface area contributed by atoms with Crippen molar-refractivity contribution in [2.45, 2.75) is 52.1 Å². The van der Waals surface area contributed by atoms with Gasteiger partial charge in [0.15, 0.2) is 6.61 Å². The molecule has 2 amide bonds. The number of amides is 2. The molecule has 0 spiro atoms. The molecule has 0 saturated carbocycles. The first-order chi connectivity index (χ1) is 13.2. The van der Waals surface area contributed by atoms with Crippen molar-refractivity contribution in [3.05, 3.63) is 23.8 Å². The first-order valence-electron chi connectivity index (χ1n) is 9.95. The van der Waals surface area contributed by atoms with Crippen LogP contribution in [0.3, 0.4) is 0 Å². The molecule has 0 aliphatic carbocycles. The fourth-order valence-electron chi connectivity index (χ4n) is 4.19. The van der Waals surface area contributed by atoms with E-state index in [-0.39, 0.29) is 18.6 Å². The standard InChI is InChI=1S/C21H31N3O4/c1-15-5-6-18-17(13-15)23(19(25)14-28-18)12-11-22-9-7-16(8-10-22)24(20(26)27)21(2,3)4/h5-6,13,16H,7-12,14H2,1-4H3,(H,26,27). The van der Waals surface area contributed by atoms with Crippen LogP contribution in [0.1, 0.15) is 39.2 Å². The van der Waals surface area contributed by atoms with Crippen LogP contribution < -0.4 is 9.64 Å². The zero-order valence-corrected chi connectivity index (χ0v) is 17.3. The summed E-state index contributed by atoms with van der Waals surface area (Å²) in [7, 11) is 0. The second-order valence-electron chi connectivity index (χ2n) is 8.70. The summed E-state index contributed by atoms with van der Waals surface area (Å²) >= 11 is 0. The maximum absolute atomic E-state index is 12.4. The zero-order valence-electron chi connectivity index (χ0n) is 17.3. The van der Waals surface area contributed by atoms with Gasteiger partial charge in [0.25, 0.3) is 5.91 Å². The molecule has 7 heteroatoms. The van der Waals surface area contributed by atoms with Gasteiger partial charge in [0, 0.05) is 37.8 Å². The number of piperidine rings is 1. The Hall–Kier alpha value is -2.28. The van der Waals surface area contributed by atoms with E-state index < -0.39 is 11.6 Å². The van der Waals surface area contributed by atoms with Crippen LogP contribution in [0.15, 0.2) is 18.2 Å². The number of hydrogen-bond acceptors (Lipinski definition) is 4. The molecule has 2 aliphatic heterocycles. The number of carbonyl (C=O) groups is 2. The Kier molecular flexibility index (Phi) is 5.84. The molecule has 0 unspecified atom stereocenters. The van der Waals surface area contributed by atoms with E-state index in [9.17, 15) is 14.7 Å². The number of nitrogens with zero attached hydrogens (tertiary/aromatic N) is 3. The normalized spacial score (nSPS) is 18.6. The topological polar surface area (TPSA) is 73.3 Å². The van der Waals surface area contributed by atoms with E-state index in [0.29, 0.717) is 6.54 Å². The first-order valence-corrected chi connectivity index (χ1v) is 9.95. The van der Waals surface area contributed by atoms with Crippen molar-refractivity contribution in [3.8, 4) is 5.75 Å². The lowest BCUT2D eigenvalue weighted by Gasteiger charge is -2.43. The van der Waals surface area contributed by atoms with Crippen molar-refractivity contribution in [2.24, 2.45) is 0 Å². The van der Waals surface area contributed by atoms with Gasteiger partial charge < -0.3 is 24.5 Å². The molecule has 28 heavy (non-hydrogen) atoms. The van der Waals surface area contributed by atoms with Gasteiger partial charge in [-0.2, -0.15) is 0 Å². The molecule has 1 aromatic carbocycles. The molecule has 0 atom stereocenters. The molecular weight excluding hydrogens is 358 g/mol. The van der Waals surface area contributed by atoms with E-state index in [1.807, 2.05) is 50.8 Å². The molecule has 0 aromatic heterocycles. The first kappa shape index (κ1) is 20.5. The Morgan fingerprint density at radius 3 is 2.54 bits per heavy atom.